The van der Waals surface area contributed by atoms with Crippen LogP contribution in [0.25, 0.3) is 0 Å². The molecule has 2 heterocycles. The van der Waals surface area contributed by atoms with Crippen LogP contribution in [0.15, 0.2) is 55.3 Å². The summed E-state index contributed by atoms with van der Waals surface area (Å²) in [5.41, 5.74) is 1.47. The van der Waals surface area contributed by atoms with E-state index in [1.807, 2.05) is 18.2 Å². The minimum Gasteiger partial charge on any atom is -0.497 e. The number of carbonyl (C=O) groups excluding carboxylic acids is 1. The maximum Gasteiger partial charge on any atom is 0.258 e. The number of hydrogen-bond donors (Lipinski definition) is 0. The Hall–Kier alpha value is -2.82. The molecule has 1 aromatic carbocycles. The minimum atomic E-state index is -0.0276. The van der Waals surface area contributed by atoms with Crippen LogP contribution in [0.3, 0.4) is 0 Å². The molecular formula is C18H19N3O2. The lowest BCUT2D eigenvalue weighted by Crippen LogP contribution is -2.44. The van der Waals surface area contributed by atoms with Crippen molar-refractivity contribution < 1.29 is 9.53 Å². The standard InChI is InChI=1S/C18H19N3O2/c1-3-11-20-12-13-21(16-5-4-10-19-17(16)20)18(22)14-6-8-15(23-2)9-7-14/h3-10H,1,11-13H2,2H3. The predicted molar refractivity (Wildman–Crippen MR) is 91.3 cm³/mol. The summed E-state index contributed by atoms with van der Waals surface area (Å²) in [6, 6.07) is 10.9. The van der Waals surface area contributed by atoms with Gasteiger partial charge in [0.2, 0.25) is 0 Å². The molecule has 23 heavy (non-hydrogen) atoms. The maximum absolute atomic E-state index is 12.8. The first kappa shape index (κ1) is 15.1. The number of anilines is 2. The molecule has 0 saturated carbocycles. The van der Waals surface area contributed by atoms with Crippen molar-refractivity contribution in [2.24, 2.45) is 0 Å². The first-order chi connectivity index (χ1) is 11.2. The van der Waals surface area contributed by atoms with Gasteiger partial charge in [0.15, 0.2) is 5.82 Å². The lowest BCUT2D eigenvalue weighted by molar-refractivity contribution is 0.0986. The van der Waals surface area contributed by atoms with Crippen molar-refractivity contribution in [2.75, 3.05) is 36.5 Å². The summed E-state index contributed by atoms with van der Waals surface area (Å²) in [5.74, 6) is 1.53. The molecule has 118 valence electrons. The highest BCUT2D eigenvalue weighted by molar-refractivity contribution is 6.08. The average Bonchev–Trinajstić information content (AvgIpc) is 2.62. The fraction of sp³-hybridized carbons (Fsp3) is 0.222. The third kappa shape index (κ3) is 2.90. The van der Waals surface area contributed by atoms with Crippen LogP contribution in [0.1, 0.15) is 10.4 Å². The largest absolute Gasteiger partial charge is 0.497 e. The Morgan fingerprint density at radius 1 is 1.30 bits per heavy atom. The molecule has 1 aliphatic heterocycles. The first-order valence-electron chi connectivity index (χ1n) is 7.51. The van der Waals surface area contributed by atoms with Gasteiger partial charge in [-0.15, -0.1) is 6.58 Å². The summed E-state index contributed by atoms with van der Waals surface area (Å²) >= 11 is 0. The van der Waals surface area contributed by atoms with Gasteiger partial charge in [0.25, 0.3) is 5.91 Å². The van der Waals surface area contributed by atoms with Gasteiger partial charge in [-0.3, -0.25) is 4.79 Å². The summed E-state index contributed by atoms with van der Waals surface area (Å²) in [6.45, 7) is 5.86. The molecule has 1 aliphatic rings. The highest BCUT2D eigenvalue weighted by Gasteiger charge is 2.27. The molecule has 0 fully saturated rings. The Morgan fingerprint density at radius 2 is 2.09 bits per heavy atom. The van der Waals surface area contributed by atoms with Crippen LogP contribution in [0.4, 0.5) is 11.5 Å². The highest BCUT2D eigenvalue weighted by Crippen LogP contribution is 2.31. The lowest BCUT2D eigenvalue weighted by Gasteiger charge is -2.36. The van der Waals surface area contributed by atoms with Crippen molar-refractivity contribution in [1.82, 2.24) is 4.98 Å². The van der Waals surface area contributed by atoms with Crippen molar-refractivity contribution in [1.29, 1.82) is 0 Å². The van der Waals surface area contributed by atoms with E-state index in [1.54, 1.807) is 42.5 Å². The number of pyridine rings is 1. The van der Waals surface area contributed by atoms with E-state index in [0.29, 0.717) is 18.7 Å². The summed E-state index contributed by atoms with van der Waals surface area (Å²) in [7, 11) is 1.61. The van der Waals surface area contributed by atoms with Gasteiger partial charge in [0, 0.05) is 31.4 Å². The number of aromatic nitrogens is 1. The van der Waals surface area contributed by atoms with E-state index in [0.717, 1.165) is 23.8 Å². The van der Waals surface area contributed by atoms with Crippen LogP contribution in [0.5, 0.6) is 5.75 Å². The number of hydrogen-bond acceptors (Lipinski definition) is 4. The number of fused-ring (bicyclic) bond motifs is 1. The van der Waals surface area contributed by atoms with Crippen LogP contribution in [-0.4, -0.2) is 37.6 Å². The van der Waals surface area contributed by atoms with Gasteiger partial charge in [-0.1, -0.05) is 6.08 Å². The van der Waals surface area contributed by atoms with Crippen molar-refractivity contribution in [3.05, 3.63) is 60.8 Å². The van der Waals surface area contributed by atoms with Gasteiger partial charge < -0.3 is 14.5 Å². The van der Waals surface area contributed by atoms with Gasteiger partial charge >= 0.3 is 0 Å². The average molecular weight is 309 g/mol. The van der Waals surface area contributed by atoms with E-state index in [1.165, 1.54) is 0 Å². The van der Waals surface area contributed by atoms with Crippen molar-refractivity contribution in [3.8, 4) is 5.75 Å². The fourth-order valence-corrected chi connectivity index (χ4v) is 2.72. The predicted octanol–water partition coefficient (Wildman–Crippen LogP) is 2.74. The normalized spacial score (nSPS) is 13.4. The molecule has 0 saturated heterocycles. The van der Waals surface area contributed by atoms with E-state index in [2.05, 4.69) is 16.5 Å². The SMILES string of the molecule is C=CCN1CCN(C(=O)c2ccc(OC)cc2)c2cccnc21. The molecular weight excluding hydrogens is 290 g/mol. The van der Waals surface area contributed by atoms with Gasteiger partial charge in [0.1, 0.15) is 5.75 Å². The molecule has 5 nitrogen and oxygen atoms in total. The summed E-state index contributed by atoms with van der Waals surface area (Å²) in [4.78, 5) is 21.2. The van der Waals surface area contributed by atoms with Gasteiger partial charge in [-0.25, -0.2) is 4.98 Å². The number of ether oxygens (including phenoxy) is 1. The van der Waals surface area contributed by atoms with Crippen LogP contribution in [0, 0.1) is 0 Å². The second-order valence-corrected chi connectivity index (χ2v) is 5.27. The third-order valence-corrected chi connectivity index (χ3v) is 3.88. The van der Waals surface area contributed by atoms with Crippen molar-refractivity contribution in [3.63, 3.8) is 0 Å². The molecule has 0 atom stereocenters. The highest BCUT2D eigenvalue weighted by atomic mass is 16.5. The number of rotatable bonds is 4. The van der Waals surface area contributed by atoms with Gasteiger partial charge in [0.05, 0.1) is 12.8 Å². The Kier molecular flexibility index (Phi) is 4.28. The van der Waals surface area contributed by atoms with Crippen molar-refractivity contribution in [2.45, 2.75) is 0 Å². The second kappa shape index (κ2) is 6.52. The second-order valence-electron chi connectivity index (χ2n) is 5.27. The number of carbonyl (C=O) groups is 1. The van der Waals surface area contributed by atoms with Crippen LogP contribution >= 0.6 is 0 Å². The number of nitrogens with zero attached hydrogens (tertiary/aromatic N) is 3. The third-order valence-electron chi connectivity index (χ3n) is 3.88. The molecule has 1 aromatic heterocycles. The molecule has 0 N–H and O–H groups in total. The molecule has 0 unspecified atom stereocenters. The molecule has 2 aromatic rings. The monoisotopic (exact) mass is 309 g/mol. The molecule has 0 aliphatic carbocycles. The van der Waals surface area contributed by atoms with E-state index in [4.69, 9.17) is 4.74 Å². The molecule has 0 radical (unpaired) electrons. The Morgan fingerprint density at radius 3 is 2.78 bits per heavy atom. The quantitative estimate of drug-likeness (QED) is 0.815. The van der Waals surface area contributed by atoms with Crippen LogP contribution in [-0.2, 0) is 0 Å². The Bertz CT molecular complexity index is 712. The molecule has 0 spiro atoms. The van der Waals surface area contributed by atoms with Gasteiger partial charge in [-0.2, -0.15) is 0 Å². The van der Waals surface area contributed by atoms with E-state index in [9.17, 15) is 4.79 Å². The zero-order chi connectivity index (χ0) is 16.2. The van der Waals surface area contributed by atoms with E-state index < -0.39 is 0 Å². The zero-order valence-corrected chi connectivity index (χ0v) is 13.1. The minimum absolute atomic E-state index is 0.0276. The smallest absolute Gasteiger partial charge is 0.258 e. The number of benzene rings is 1. The fourth-order valence-electron chi connectivity index (χ4n) is 2.72. The zero-order valence-electron chi connectivity index (χ0n) is 13.1. The maximum atomic E-state index is 12.8. The Labute approximate surface area is 135 Å². The topological polar surface area (TPSA) is 45.7 Å². The summed E-state index contributed by atoms with van der Waals surface area (Å²) in [5, 5.41) is 0. The van der Waals surface area contributed by atoms with Crippen molar-refractivity contribution >= 4 is 17.4 Å². The molecule has 3 rings (SSSR count). The van der Waals surface area contributed by atoms with Crippen LogP contribution < -0.4 is 14.5 Å². The molecule has 0 bridgehead atoms. The Balaban J connectivity index is 1.91. The van der Waals surface area contributed by atoms with Gasteiger partial charge in [-0.05, 0) is 36.4 Å². The molecule has 1 amide bonds. The molecule has 5 heteroatoms. The summed E-state index contributed by atoms with van der Waals surface area (Å²) in [6.07, 6.45) is 3.59. The number of amides is 1. The number of methoxy groups -OCH3 is 1. The van der Waals surface area contributed by atoms with E-state index in [-0.39, 0.29) is 5.91 Å². The summed E-state index contributed by atoms with van der Waals surface area (Å²) < 4.78 is 5.14. The van der Waals surface area contributed by atoms with E-state index >= 15 is 0 Å². The van der Waals surface area contributed by atoms with Crippen LogP contribution in [0.2, 0.25) is 0 Å². The lowest BCUT2D eigenvalue weighted by atomic mass is 10.1. The first-order valence-corrected chi connectivity index (χ1v) is 7.51.